The molecule has 0 aromatic heterocycles. The van der Waals surface area contributed by atoms with Gasteiger partial charge in [-0.15, -0.1) is 0 Å². The molecule has 2 atom stereocenters. The maximum Gasteiger partial charge on any atom is 0.255 e. The smallest absolute Gasteiger partial charge is 0.255 e. The molecule has 0 spiro atoms. The summed E-state index contributed by atoms with van der Waals surface area (Å²) in [5.41, 5.74) is 13.6. The lowest BCUT2D eigenvalue weighted by molar-refractivity contribution is -0.117. The number of anilines is 1. The number of hydrogen-bond acceptors (Lipinski definition) is 6. The summed E-state index contributed by atoms with van der Waals surface area (Å²) in [6, 6.07) is 4.56. The van der Waals surface area contributed by atoms with Crippen LogP contribution in [-0.2, 0) is 4.79 Å². The molecule has 244 valence electrons. The largest absolute Gasteiger partial charge is 0.493 e. The molecule has 42 heavy (non-hydrogen) atoms. The first-order chi connectivity index (χ1) is 19.9. The van der Waals surface area contributed by atoms with Gasteiger partial charge in [0.05, 0.1) is 18.2 Å². The summed E-state index contributed by atoms with van der Waals surface area (Å²) >= 11 is 0. The van der Waals surface area contributed by atoms with Crippen LogP contribution in [-0.4, -0.2) is 37.0 Å². The van der Waals surface area contributed by atoms with Crippen molar-refractivity contribution in [3.63, 3.8) is 0 Å². The number of hydrogen-bond donors (Lipinski definition) is 5. The van der Waals surface area contributed by atoms with Crippen molar-refractivity contribution in [3.05, 3.63) is 48.3 Å². The van der Waals surface area contributed by atoms with Crippen LogP contribution in [0.15, 0.2) is 42.8 Å². The number of ether oxygens (including phenoxy) is 1. The van der Waals surface area contributed by atoms with Crippen molar-refractivity contribution < 1.29 is 14.3 Å². The van der Waals surface area contributed by atoms with Gasteiger partial charge in [0.2, 0.25) is 5.91 Å². The Morgan fingerprint density at radius 3 is 2.05 bits per heavy atom. The number of amides is 2. The number of benzene rings is 1. The Morgan fingerprint density at radius 1 is 0.976 bits per heavy atom. The number of nitrogens with two attached hydrogens (primary N) is 2. The van der Waals surface area contributed by atoms with E-state index in [-0.39, 0.29) is 17.9 Å². The minimum Gasteiger partial charge on any atom is -0.493 e. The summed E-state index contributed by atoms with van der Waals surface area (Å²) in [6.07, 6.45) is 7.91. The molecule has 0 radical (unpaired) electrons. The van der Waals surface area contributed by atoms with Crippen LogP contribution in [0, 0.1) is 11.8 Å². The molecule has 0 fully saturated rings. The third-order valence-electron chi connectivity index (χ3n) is 5.63. The van der Waals surface area contributed by atoms with Crippen molar-refractivity contribution in [2.75, 3.05) is 18.5 Å². The topological polar surface area (TPSA) is 132 Å². The monoisotopic (exact) mass is 592 g/mol. The number of unbranched alkanes of at least 4 members (excludes halogenated alkanes) is 2. The second-order valence-electron chi connectivity index (χ2n) is 10.5. The Hall–Kier alpha value is -2.84. The first kappa shape index (κ1) is 43.6. The molecule has 0 aliphatic carbocycles. The third-order valence-corrected chi connectivity index (χ3v) is 5.63. The number of allylic oxidation sites excluding steroid dienone is 2. The van der Waals surface area contributed by atoms with Crippen molar-refractivity contribution in [1.29, 1.82) is 0 Å². The highest BCUT2D eigenvalue weighted by Crippen LogP contribution is 2.24. The van der Waals surface area contributed by atoms with E-state index >= 15 is 0 Å². The minimum atomic E-state index is -0.596. The third kappa shape index (κ3) is 22.8. The van der Waals surface area contributed by atoms with Crippen LogP contribution in [0.1, 0.15) is 119 Å². The lowest BCUT2D eigenvalue weighted by Gasteiger charge is -2.19. The van der Waals surface area contributed by atoms with Gasteiger partial charge in [0.25, 0.3) is 5.91 Å². The Kier molecular flexibility index (Phi) is 29.4. The minimum absolute atomic E-state index is 0.0302. The Labute approximate surface area is 258 Å². The quantitative estimate of drug-likeness (QED) is 0.128. The molecule has 1 rings (SSSR count). The van der Waals surface area contributed by atoms with Crippen molar-refractivity contribution in [2.45, 2.75) is 120 Å². The van der Waals surface area contributed by atoms with Gasteiger partial charge in [0, 0.05) is 17.4 Å². The molecule has 8 nitrogen and oxygen atoms in total. The normalized spacial score (nSPS) is 11.8. The van der Waals surface area contributed by atoms with Crippen molar-refractivity contribution in [1.82, 2.24) is 10.6 Å². The number of carbonyl (C=O) groups excluding carboxylic acids is 2. The first-order valence-electron chi connectivity index (χ1n) is 15.8. The van der Waals surface area contributed by atoms with Crippen molar-refractivity contribution >= 4 is 17.5 Å². The highest BCUT2D eigenvalue weighted by atomic mass is 16.5. The zero-order valence-corrected chi connectivity index (χ0v) is 28.7. The average molecular weight is 592 g/mol. The molecule has 0 bridgehead atoms. The fourth-order valence-corrected chi connectivity index (χ4v) is 3.68. The molecule has 1 aromatic rings. The van der Waals surface area contributed by atoms with Gasteiger partial charge in [-0.2, -0.15) is 0 Å². The molecule has 7 N–H and O–H groups in total. The molecular weight excluding hydrogens is 526 g/mol. The summed E-state index contributed by atoms with van der Waals surface area (Å²) in [7, 11) is 0. The highest BCUT2D eigenvalue weighted by molar-refractivity contribution is 6.00. The standard InChI is InChI=1S/C24H42N4O3.C6H11N.2C2H6/c1-16(2)13-18(5)27-23(29)20-15-19(28-24(30)21(26)14-17(3)4)9-10-22(20)31-12-8-6-7-11-25;1-4-6(3)7-5-2;2*1-2/h9-10,15-18,21H,6-8,11-14,25-26H2,1-5H3,(H,27,29)(H,28,30);4-5,7H,2H2,1,3H3;2*1-2H3/b;6-4+;;. The molecule has 0 heterocycles. The van der Waals surface area contributed by atoms with Crippen LogP contribution in [0.4, 0.5) is 5.69 Å². The zero-order valence-electron chi connectivity index (χ0n) is 28.7. The van der Waals surface area contributed by atoms with Crippen LogP contribution >= 0.6 is 0 Å². The molecule has 2 amide bonds. The van der Waals surface area contributed by atoms with Crippen molar-refractivity contribution in [2.24, 2.45) is 23.3 Å². The van der Waals surface area contributed by atoms with Gasteiger partial charge < -0.3 is 32.2 Å². The van der Waals surface area contributed by atoms with Gasteiger partial charge in [-0.05, 0) is 95.7 Å². The van der Waals surface area contributed by atoms with Crippen LogP contribution in [0.2, 0.25) is 0 Å². The summed E-state index contributed by atoms with van der Waals surface area (Å²) < 4.78 is 5.89. The van der Waals surface area contributed by atoms with Gasteiger partial charge in [0.15, 0.2) is 0 Å². The Bertz CT molecular complexity index is 869. The van der Waals surface area contributed by atoms with Crippen LogP contribution in [0.25, 0.3) is 0 Å². The SMILES string of the molecule is C=CN/C(C)=C/C.CC.CC.CC(C)CC(C)NC(=O)c1cc(NC(=O)C(N)CC(C)C)ccc1OCCCCCN. The van der Waals surface area contributed by atoms with E-state index in [0.29, 0.717) is 48.4 Å². The van der Waals surface area contributed by atoms with E-state index in [1.807, 2.05) is 68.4 Å². The number of carbonyl (C=O) groups is 2. The van der Waals surface area contributed by atoms with Crippen LogP contribution in [0.5, 0.6) is 5.75 Å². The van der Waals surface area contributed by atoms with E-state index in [1.165, 1.54) is 0 Å². The summed E-state index contributed by atoms with van der Waals surface area (Å²) in [6.45, 7) is 26.9. The summed E-state index contributed by atoms with van der Waals surface area (Å²) in [4.78, 5) is 25.4. The second-order valence-corrected chi connectivity index (χ2v) is 10.5. The fourth-order valence-electron chi connectivity index (χ4n) is 3.68. The maximum atomic E-state index is 13.0. The molecule has 0 saturated heterocycles. The Morgan fingerprint density at radius 2 is 1.57 bits per heavy atom. The molecule has 0 saturated carbocycles. The highest BCUT2D eigenvalue weighted by Gasteiger charge is 2.19. The predicted octanol–water partition coefficient (Wildman–Crippen LogP) is 7.37. The maximum absolute atomic E-state index is 13.0. The van der Waals surface area contributed by atoms with E-state index in [0.717, 1.165) is 31.4 Å². The van der Waals surface area contributed by atoms with Crippen LogP contribution < -0.4 is 32.2 Å². The van der Waals surface area contributed by atoms with Gasteiger partial charge in [-0.25, -0.2) is 0 Å². The van der Waals surface area contributed by atoms with Crippen LogP contribution in [0.3, 0.4) is 0 Å². The van der Waals surface area contributed by atoms with E-state index in [4.69, 9.17) is 16.2 Å². The van der Waals surface area contributed by atoms with E-state index < -0.39 is 6.04 Å². The molecule has 0 aliphatic rings. The zero-order chi connectivity index (χ0) is 33.1. The molecular formula is C34H65N5O3. The summed E-state index contributed by atoms with van der Waals surface area (Å²) in [5, 5.41) is 8.78. The number of nitrogens with one attached hydrogen (secondary N) is 3. The molecule has 1 aromatic carbocycles. The number of rotatable bonds is 16. The lowest BCUT2D eigenvalue weighted by Crippen LogP contribution is -2.37. The second kappa shape index (κ2) is 28.3. The van der Waals surface area contributed by atoms with E-state index in [1.54, 1.807) is 24.4 Å². The van der Waals surface area contributed by atoms with E-state index in [2.05, 4.69) is 36.4 Å². The fraction of sp³-hybridized carbons (Fsp3) is 0.647. The summed E-state index contributed by atoms with van der Waals surface area (Å²) in [5.74, 6) is 0.823. The molecule has 8 heteroatoms. The molecule has 2 unspecified atom stereocenters. The van der Waals surface area contributed by atoms with Gasteiger partial charge >= 0.3 is 0 Å². The predicted molar refractivity (Wildman–Crippen MR) is 183 cm³/mol. The Balaban J connectivity index is -0.00000119. The van der Waals surface area contributed by atoms with Gasteiger partial charge in [0.1, 0.15) is 5.75 Å². The molecule has 0 aliphatic heterocycles. The van der Waals surface area contributed by atoms with E-state index in [9.17, 15) is 9.59 Å². The lowest BCUT2D eigenvalue weighted by atomic mass is 10.0. The average Bonchev–Trinajstić information content (AvgIpc) is 2.95. The first-order valence-corrected chi connectivity index (χ1v) is 15.8. The van der Waals surface area contributed by atoms with Gasteiger partial charge in [-0.3, -0.25) is 9.59 Å². The van der Waals surface area contributed by atoms with Gasteiger partial charge in [-0.1, -0.05) is 68.0 Å². The van der Waals surface area contributed by atoms with Crippen molar-refractivity contribution in [3.8, 4) is 5.75 Å².